The van der Waals surface area contributed by atoms with Gasteiger partial charge in [0.15, 0.2) is 11.6 Å². The van der Waals surface area contributed by atoms with Gasteiger partial charge in [-0.2, -0.15) is 0 Å². The molecule has 212 valence electrons. The van der Waals surface area contributed by atoms with Crippen LogP contribution in [0.2, 0.25) is 0 Å². The Labute approximate surface area is 247 Å². The van der Waals surface area contributed by atoms with Gasteiger partial charge in [-0.3, -0.25) is 9.69 Å². The maximum atomic E-state index is 14.5. The number of nitrogens with zero attached hydrogens (tertiary/aromatic N) is 6. The highest BCUT2D eigenvalue weighted by Gasteiger charge is 2.31. The Balaban J connectivity index is 1.36. The summed E-state index contributed by atoms with van der Waals surface area (Å²) in [5.41, 5.74) is 3.03. The molecule has 2 aliphatic rings. The first-order chi connectivity index (χ1) is 19.8. The monoisotopic (exact) mass is 640 g/mol. The van der Waals surface area contributed by atoms with E-state index in [1.165, 1.54) is 12.1 Å². The third kappa shape index (κ3) is 5.41. The van der Waals surface area contributed by atoms with Crippen molar-refractivity contribution < 1.29 is 14.1 Å². The van der Waals surface area contributed by atoms with Crippen molar-refractivity contribution in [3.8, 4) is 5.88 Å². The molecule has 0 radical (unpaired) electrons. The first-order valence-electron chi connectivity index (χ1n) is 13.1. The Bertz CT molecular complexity index is 1700. The van der Waals surface area contributed by atoms with Crippen LogP contribution in [0, 0.1) is 15.9 Å². The van der Waals surface area contributed by atoms with Crippen LogP contribution in [-0.2, 0) is 19.0 Å². The lowest BCUT2D eigenvalue weighted by molar-refractivity contribution is -0.389. The van der Waals surface area contributed by atoms with Gasteiger partial charge < -0.3 is 24.3 Å². The topological polar surface area (TPSA) is 107 Å². The number of fused-ring (bicyclic) bond motifs is 3. The number of benzene rings is 1. The normalized spacial score (nSPS) is 16.5. The molecule has 1 saturated heterocycles. The second-order valence-electron chi connectivity index (χ2n) is 10.1. The Morgan fingerprint density at radius 1 is 1.24 bits per heavy atom. The van der Waals surface area contributed by atoms with Gasteiger partial charge in [0.2, 0.25) is 5.88 Å². The molecule has 0 aliphatic carbocycles. The highest BCUT2D eigenvalue weighted by atomic mass is 79.9. The van der Waals surface area contributed by atoms with Crippen molar-refractivity contribution in [3.63, 3.8) is 0 Å². The molecule has 0 bridgehead atoms. The lowest BCUT2D eigenvalue weighted by atomic mass is 10.0. The summed E-state index contributed by atoms with van der Waals surface area (Å²) in [7, 11) is 1.58. The fourth-order valence-electron chi connectivity index (χ4n) is 5.54. The molecule has 0 spiro atoms. The number of pyridine rings is 3. The second-order valence-corrected chi connectivity index (χ2v) is 11.9. The molecule has 1 aromatic carbocycles. The Morgan fingerprint density at radius 3 is 2.80 bits per heavy atom. The van der Waals surface area contributed by atoms with Gasteiger partial charge in [0.25, 0.3) is 0 Å². The lowest BCUT2D eigenvalue weighted by Crippen LogP contribution is -2.48. The maximum Gasteiger partial charge on any atom is 0.363 e. The van der Waals surface area contributed by atoms with Gasteiger partial charge >= 0.3 is 5.82 Å². The SMILES string of the molecule is COc1cc(CN(Cc2c3n(c4cc(Br)c(F)cc4c2=O)CS3)[C@H]2CCCN(c3ccc([N+](=O)[O-])nc3)C2)ccn1. The zero-order valence-electron chi connectivity index (χ0n) is 22.1. The number of aromatic nitrogens is 3. The smallest absolute Gasteiger partial charge is 0.363 e. The van der Waals surface area contributed by atoms with Crippen molar-refractivity contribution in [2.45, 2.75) is 42.9 Å². The third-order valence-corrected chi connectivity index (χ3v) is 9.37. The number of thioether (sulfide) groups is 1. The van der Waals surface area contributed by atoms with E-state index in [-0.39, 0.29) is 17.3 Å². The van der Waals surface area contributed by atoms with Crippen LogP contribution in [0.1, 0.15) is 24.0 Å². The summed E-state index contributed by atoms with van der Waals surface area (Å²) in [6.07, 6.45) is 5.06. The van der Waals surface area contributed by atoms with E-state index in [2.05, 4.69) is 40.3 Å². The summed E-state index contributed by atoms with van der Waals surface area (Å²) in [5, 5.41) is 12.4. The van der Waals surface area contributed by atoms with Crippen LogP contribution in [0.15, 0.2) is 63.1 Å². The quantitative estimate of drug-likeness (QED) is 0.186. The van der Waals surface area contributed by atoms with Crippen LogP contribution in [0.5, 0.6) is 5.88 Å². The van der Waals surface area contributed by atoms with E-state index in [0.29, 0.717) is 46.8 Å². The van der Waals surface area contributed by atoms with Gasteiger partial charge in [-0.25, -0.2) is 9.37 Å². The Kier molecular flexibility index (Phi) is 7.66. The predicted octanol–water partition coefficient (Wildman–Crippen LogP) is 5.34. The largest absolute Gasteiger partial charge is 0.481 e. The Morgan fingerprint density at radius 2 is 2.10 bits per heavy atom. The lowest BCUT2D eigenvalue weighted by Gasteiger charge is -2.40. The highest BCUT2D eigenvalue weighted by molar-refractivity contribution is 9.10. The van der Waals surface area contributed by atoms with Crippen LogP contribution >= 0.6 is 27.7 Å². The molecular weight excluding hydrogens is 615 g/mol. The first-order valence-corrected chi connectivity index (χ1v) is 14.9. The van der Waals surface area contributed by atoms with Gasteiger partial charge in [-0.15, -0.1) is 0 Å². The number of halogens is 2. The number of nitro groups is 1. The van der Waals surface area contributed by atoms with Gasteiger partial charge in [0, 0.05) is 61.5 Å². The Hall–Kier alpha value is -3.55. The molecule has 2 aliphatic heterocycles. The standard InChI is InChI=1S/C28H26BrFN6O4S/c1-40-26-9-17(6-7-31-26)13-34(19-3-2-8-33(14-19)18-4-5-25(32-12-18)36(38)39)15-21-27(37)20-10-23(30)22(29)11-24(20)35-16-41-28(21)35/h4-7,9-12,19H,2-3,8,13-16H2,1H3/t19-/m0/s1. The van der Waals surface area contributed by atoms with Gasteiger partial charge in [0.05, 0.1) is 33.7 Å². The van der Waals surface area contributed by atoms with E-state index in [1.807, 2.05) is 12.1 Å². The number of hydrogen-bond donors (Lipinski definition) is 0. The van der Waals surface area contributed by atoms with E-state index in [1.54, 1.807) is 43.4 Å². The van der Waals surface area contributed by atoms with Crippen LogP contribution in [0.3, 0.4) is 0 Å². The number of ether oxygens (including phenoxy) is 1. The second kappa shape index (κ2) is 11.4. The summed E-state index contributed by atoms with van der Waals surface area (Å²) < 4.78 is 22.3. The first kappa shape index (κ1) is 27.6. The summed E-state index contributed by atoms with van der Waals surface area (Å²) in [5.74, 6) is 0.555. The van der Waals surface area contributed by atoms with Gasteiger partial charge in [0.1, 0.15) is 5.82 Å². The molecule has 0 unspecified atom stereocenters. The van der Waals surface area contributed by atoms with E-state index in [4.69, 9.17) is 4.74 Å². The van der Waals surface area contributed by atoms with Crippen LogP contribution in [0.25, 0.3) is 10.9 Å². The minimum atomic E-state index is -0.506. The number of hydrogen-bond acceptors (Lipinski definition) is 9. The molecule has 0 saturated carbocycles. The van der Waals surface area contributed by atoms with Crippen molar-refractivity contribution in [3.05, 3.63) is 90.5 Å². The van der Waals surface area contributed by atoms with E-state index in [0.717, 1.165) is 41.2 Å². The molecule has 0 N–H and O–H groups in total. The van der Waals surface area contributed by atoms with Gasteiger partial charge in [-0.1, -0.05) is 11.8 Å². The highest BCUT2D eigenvalue weighted by Crippen LogP contribution is 2.38. The maximum absolute atomic E-state index is 14.5. The summed E-state index contributed by atoms with van der Waals surface area (Å²) >= 11 is 4.88. The molecular formula is C28H26BrFN6O4S. The zero-order valence-corrected chi connectivity index (χ0v) is 24.5. The number of piperidine rings is 1. The summed E-state index contributed by atoms with van der Waals surface area (Å²) in [6, 6.07) is 10.0. The van der Waals surface area contributed by atoms with Crippen LogP contribution in [0.4, 0.5) is 15.9 Å². The van der Waals surface area contributed by atoms with Gasteiger partial charge in [-0.05, 0) is 68.5 Å². The molecule has 13 heteroatoms. The van der Waals surface area contributed by atoms with Crippen LogP contribution < -0.4 is 15.1 Å². The van der Waals surface area contributed by atoms with E-state index >= 15 is 0 Å². The molecule has 0 amide bonds. The molecule has 3 aromatic heterocycles. The molecule has 6 rings (SSSR count). The summed E-state index contributed by atoms with van der Waals surface area (Å²) in [6.45, 7) is 2.39. The molecule has 5 heterocycles. The molecule has 10 nitrogen and oxygen atoms in total. The van der Waals surface area contributed by atoms with Crippen molar-refractivity contribution in [1.82, 2.24) is 19.4 Å². The van der Waals surface area contributed by atoms with Crippen molar-refractivity contribution >= 4 is 50.1 Å². The fourth-order valence-corrected chi connectivity index (χ4v) is 6.82. The minimum absolute atomic E-state index is 0.0700. The van der Waals surface area contributed by atoms with Crippen molar-refractivity contribution in [2.75, 3.05) is 25.1 Å². The van der Waals surface area contributed by atoms with Crippen molar-refractivity contribution in [1.29, 1.82) is 0 Å². The molecule has 1 fully saturated rings. The third-order valence-electron chi connectivity index (χ3n) is 7.63. The number of rotatable bonds is 8. The molecule has 41 heavy (non-hydrogen) atoms. The van der Waals surface area contributed by atoms with E-state index < -0.39 is 10.7 Å². The molecule has 4 aromatic rings. The molecule has 1 atom stereocenters. The number of methoxy groups -OCH3 is 1. The predicted molar refractivity (Wildman–Crippen MR) is 158 cm³/mol. The average Bonchev–Trinajstić information content (AvgIpc) is 2.96. The van der Waals surface area contributed by atoms with Crippen LogP contribution in [-0.4, -0.2) is 50.6 Å². The van der Waals surface area contributed by atoms with E-state index in [9.17, 15) is 19.3 Å². The average molecular weight is 642 g/mol. The minimum Gasteiger partial charge on any atom is -0.481 e. The number of anilines is 1. The van der Waals surface area contributed by atoms with Crippen molar-refractivity contribution in [2.24, 2.45) is 0 Å². The summed E-state index contributed by atoms with van der Waals surface area (Å²) in [4.78, 5) is 37.1. The fraction of sp³-hybridized carbons (Fsp3) is 0.321. The zero-order chi connectivity index (χ0) is 28.7.